The monoisotopic (exact) mass is 145 g/mol. The minimum absolute atomic E-state index is 0.216. The lowest BCUT2D eigenvalue weighted by atomic mass is 10.2. The number of hydrogen-bond donors (Lipinski definition) is 1. The van der Waals surface area contributed by atoms with Crippen LogP contribution in [0.25, 0.3) is 0 Å². The van der Waals surface area contributed by atoms with Crippen molar-refractivity contribution >= 4 is 0 Å². The van der Waals surface area contributed by atoms with Crippen LogP contribution < -0.4 is 0 Å². The lowest BCUT2D eigenvalue weighted by Crippen LogP contribution is -1.89. The van der Waals surface area contributed by atoms with Gasteiger partial charge in [0, 0.05) is 11.6 Å². The fourth-order valence-electron chi connectivity index (χ4n) is 0.606. The molecule has 3 heteroatoms. The third-order valence-corrected chi connectivity index (χ3v) is 1.10. The average Bonchev–Trinajstić information content (AvgIpc) is 1.85. The van der Waals surface area contributed by atoms with Gasteiger partial charge < -0.3 is 5.11 Å². The van der Waals surface area contributed by atoms with Gasteiger partial charge in [-0.3, -0.25) is 0 Å². The van der Waals surface area contributed by atoms with Gasteiger partial charge in [0.15, 0.2) is 0 Å². The molecule has 1 unspecified atom stereocenters. The number of rotatable bonds is 1. The Hall–Kier alpha value is -0.960. The summed E-state index contributed by atoms with van der Waals surface area (Å²) in [6.07, 6.45) is 0. The van der Waals surface area contributed by atoms with Gasteiger partial charge in [-0.15, -0.1) is 0 Å². The van der Waals surface area contributed by atoms with Gasteiger partial charge in [-0.25, -0.2) is 8.78 Å². The minimum Gasteiger partial charge on any atom is -0.392 e. The van der Waals surface area contributed by atoms with Gasteiger partial charge in [-0.1, -0.05) is 6.07 Å². The average molecular weight is 145 g/mol. The summed E-state index contributed by atoms with van der Waals surface area (Å²) in [6.45, 7) is -1.64. The first kappa shape index (κ1) is 5.80. The Balaban J connectivity index is 3.09. The molecule has 1 rings (SSSR count). The van der Waals surface area contributed by atoms with Crippen molar-refractivity contribution in [2.24, 2.45) is 0 Å². The van der Waals surface area contributed by atoms with Crippen molar-refractivity contribution in [3.63, 3.8) is 0 Å². The summed E-state index contributed by atoms with van der Waals surface area (Å²) in [5.74, 6) is -1.61. The van der Waals surface area contributed by atoms with Crippen LogP contribution in [0.3, 0.4) is 0 Å². The molecule has 0 aliphatic rings. The summed E-state index contributed by atoms with van der Waals surface area (Å²) in [5.41, 5.74) is -0.216. The third-order valence-electron chi connectivity index (χ3n) is 1.10. The predicted octanol–water partition coefficient (Wildman–Crippen LogP) is 1.46. The van der Waals surface area contributed by atoms with E-state index < -0.39 is 18.2 Å². The maximum absolute atomic E-state index is 12.6. The molecule has 0 bridgehead atoms. The number of halogens is 2. The van der Waals surface area contributed by atoms with E-state index in [9.17, 15) is 8.78 Å². The SMILES string of the molecule is [2H]C(O)c1ccc(F)cc1F. The van der Waals surface area contributed by atoms with Crippen molar-refractivity contribution in [3.05, 3.63) is 35.4 Å². The Labute approximate surface area is 58.3 Å². The van der Waals surface area contributed by atoms with Gasteiger partial charge in [0.05, 0.1) is 7.95 Å². The molecule has 0 heterocycles. The van der Waals surface area contributed by atoms with Gasteiger partial charge in [0.25, 0.3) is 0 Å². The van der Waals surface area contributed by atoms with E-state index in [0.29, 0.717) is 6.07 Å². The normalized spacial score (nSPS) is 14.5. The molecular weight excluding hydrogens is 138 g/mol. The Morgan fingerprint density at radius 2 is 2.20 bits per heavy atom. The molecule has 1 aromatic carbocycles. The van der Waals surface area contributed by atoms with E-state index in [2.05, 4.69) is 0 Å². The Bertz CT molecular complexity index is 263. The molecule has 0 saturated heterocycles. The summed E-state index contributed by atoms with van der Waals surface area (Å²) < 4.78 is 31.5. The van der Waals surface area contributed by atoms with Crippen molar-refractivity contribution in [1.29, 1.82) is 0 Å². The summed E-state index contributed by atoms with van der Waals surface area (Å²) in [4.78, 5) is 0. The zero-order chi connectivity index (χ0) is 8.43. The molecule has 0 aliphatic carbocycles. The molecule has 0 spiro atoms. The molecule has 0 fully saturated rings. The molecule has 1 N–H and O–H groups in total. The van der Waals surface area contributed by atoms with E-state index in [1.165, 1.54) is 0 Å². The smallest absolute Gasteiger partial charge is 0.131 e. The van der Waals surface area contributed by atoms with E-state index in [1.54, 1.807) is 0 Å². The molecule has 0 aliphatic heterocycles. The topological polar surface area (TPSA) is 20.2 Å². The summed E-state index contributed by atoms with van der Waals surface area (Å²) in [6, 6.07) is 2.67. The molecule has 54 valence electrons. The van der Waals surface area contributed by atoms with Crippen LogP contribution in [0.1, 0.15) is 6.93 Å². The van der Waals surface area contributed by atoms with Crippen LogP contribution in [0.2, 0.25) is 0 Å². The lowest BCUT2D eigenvalue weighted by molar-refractivity contribution is 0.275. The standard InChI is InChI=1S/C7H6F2O/c8-6-2-1-5(4-10)7(9)3-6/h1-3,10H,4H2/i4D. The summed E-state index contributed by atoms with van der Waals surface area (Å²) in [5, 5.41) is 8.60. The number of hydrogen-bond acceptors (Lipinski definition) is 1. The van der Waals surface area contributed by atoms with Crippen molar-refractivity contribution in [3.8, 4) is 0 Å². The van der Waals surface area contributed by atoms with E-state index in [0.717, 1.165) is 12.1 Å². The first-order chi connectivity index (χ1) is 5.11. The fourth-order valence-corrected chi connectivity index (χ4v) is 0.606. The second-order valence-electron chi connectivity index (χ2n) is 1.79. The highest BCUT2D eigenvalue weighted by Crippen LogP contribution is 2.08. The second kappa shape index (κ2) is 2.75. The molecule has 1 atom stereocenters. The van der Waals surface area contributed by atoms with Crippen molar-refractivity contribution < 1.29 is 15.3 Å². The zero-order valence-corrected chi connectivity index (χ0v) is 5.01. The van der Waals surface area contributed by atoms with Crippen molar-refractivity contribution in [2.75, 3.05) is 0 Å². The largest absolute Gasteiger partial charge is 0.392 e. The molecule has 0 radical (unpaired) electrons. The first-order valence-corrected chi connectivity index (χ1v) is 2.66. The van der Waals surface area contributed by atoms with Crippen LogP contribution in [0.15, 0.2) is 18.2 Å². The molecule has 1 aromatic rings. The van der Waals surface area contributed by atoms with Gasteiger partial charge in [0.2, 0.25) is 0 Å². The number of aliphatic hydroxyl groups excluding tert-OH is 1. The summed E-state index contributed by atoms with van der Waals surface area (Å²) >= 11 is 0. The highest BCUT2D eigenvalue weighted by Gasteiger charge is 2.00. The minimum atomic E-state index is -1.64. The van der Waals surface area contributed by atoms with Gasteiger partial charge in [-0.05, 0) is 6.07 Å². The number of benzene rings is 1. The van der Waals surface area contributed by atoms with E-state index >= 15 is 0 Å². The van der Waals surface area contributed by atoms with Crippen LogP contribution in [0.5, 0.6) is 0 Å². The van der Waals surface area contributed by atoms with Crippen LogP contribution >= 0.6 is 0 Å². The first-order valence-electron chi connectivity index (χ1n) is 3.24. The van der Waals surface area contributed by atoms with Crippen molar-refractivity contribution in [1.82, 2.24) is 0 Å². The highest BCUT2D eigenvalue weighted by molar-refractivity contribution is 5.17. The van der Waals surface area contributed by atoms with Gasteiger partial charge in [-0.2, -0.15) is 0 Å². The van der Waals surface area contributed by atoms with E-state index in [4.69, 9.17) is 6.48 Å². The van der Waals surface area contributed by atoms with E-state index in [-0.39, 0.29) is 5.56 Å². The third kappa shape index (κ3) is 1.30. The Morgan fingerprint density at radius 1 is 1.50 bits per heavy atom. The molecule has 0 amide bonds. The Kier molecular flexibility index (Phi) is 1.59. The maximum Gasteiger partial charge on any atom is 0.131 e. The van der Waals surface area contributed by atoms with Gasteiger partial charge >= 0.3 is 0 Å². The predicted molar refractivity (Wildman–Crippen MR) is 32.3 cm³/mol. The molecule has 10 heavy (non-hydrogen) atoms. The highest BCUT2D eigenvalue weighted by atomic mass is 19.1. The zero-order valence-electron chi connectivity index (χ0n) is 6.01. The number of aliphatic hydroxyl groups is 1. The molecule has 1 nitrogen and oxygen atoms in total. The maximum atomic E-state index is 12.6. The van der Waals surface area contributed by atoms with Crippen LogP contribution in [0, 0.1) is 11.6 Å². The van der Waals surface area contributed by atoms with Gasteiger partial charge in [0.1, 0.15) is 11.6 Å². The summed E-state index contributed by atoms with van der Waals surface area (Å²) in [7, 11) is 0. The molecule has 0 saturated carbocycles. The molecular formula is C7H6F2O. The molecule has 0 aromatic heterocycles. The van der Waals surface area contributed by atoms with E-state index in [1.807, 2.05) is 0 Å². The van der Waals surface area contributed by atoms with Crippen LogP contribution in [-0.4, -0.2) is 5.11 Å². The van der Waals surface area contributed by atoms with Crippen molar-refractivity contribution in [2.45, 2.75) is 6.58 Å². The lowest BCUT2D eigenvalue weighted by Gasteiger charge is -1.96. The Morgan fingerprint density at radius 3 is 2.70 bits per heavy atom. The van der Waals surface area contributed by atoms with Crippen LogP contribution in [-0.2, 0) is 6.58 Å². The second-order valence-corrected chi connectivity index (χ2v) is 1.79. The fraction of sp³-hybridized carbons (Fsp3) is 0.143. The quantitative estimate of drug-likeness (QED) is 0.634. The van der Waals surface area contributed by atoms with Crippen LogP contribution in [0.4, 0.5) is 8.78 Å².